The van der Waals surface area contributed by atoms with E-state index < -0.39 is 8.32 Å². The van der Waals surface area contributed by atoms with E-state index in [-0.39, 0.29) is 18.3 Å². The zero-order chi connectivity index (χ0) is 16.4. The third-order valence-electron chi connectivity index (χ3n) is 3.96. The molecule has 4 heteroatoms. The Balaban J connectivity index is 4.52. The normalized spacial score (nSPS) is 12.9. The van der Waals surface area contributed by atoms with Crippen LogP contribution in [0, 0.1) is 29.6 Å². The van der Waals surface area contributed by atoms with Crippen LogP contribution in [0.5, 0.6) is 0 Å². The van der Waals surface area contributed by atoms with E-state index in [0.717, 1.165) is 19.3 Å². The number of rotatable bonds is 6. The van der Waals surface area contributed by atoms with Gasteiger partial charge in [0.2, 0.25) is 0 Å². The summed E-state index contributed by atoms with van der Waals surface area (Å²) < 4.78 is 6.25. The highest BCUT2D eigenvalue weighted by Crippen LogP contribution is 2.37. The van der Waals surface area contributed by atoms with E-state index in [1.807, 2.05) is 0 Å². The van der Waals surface area contributed by atoms with Crippen LogP contribution in [0.4, 0.5) is 0 Å². The standard InChI is InChI=1S/C17H30O3Si/c1-17(2,3)21(4,5)20-15-16(12-8-10-14-19)11-7-6-9-13-18/h16,18-19H,7,11-15H2,1-5H3. The van der Waals surface area contributed by atoms with Crippen molar-refractivity contribution < 1.29 is 14.6 Å². The van der Waals surface area contributed by atoms with Crippen LogP contribution in [0.3, 0.4) is 0 Å². The van der Waals surface area contributed by atoms with Gasteiger partial charge in [-0.05, 0) is 30.5 Å². The van der Waals surface area contributed by atoms with Crippen molar-refractivity contribution in [1.29, 1.82) is 0 Å². The molecule has 0 bridgehead atoms. The third-order valence-corrected chi connectivity index (χ3v) is 8.46. The van der Waals surface area contributed by atoms with Crippen LogP contribution in [-0.2, 0) is 4.43 Å². The number of aliphatic hydroxyl groups excluding tert-OH is 2. The maximum absolute atomic E-state index is 8.74. The second kappa shape index (κ2) is 10.0. The molecule has 0 saturated heterocycles. The van der Waals surface area contributed by atoms with E-state index in [2.05, 4.69) is 57.5 Å². The second-order valence-electron chi connectivity index (χ2n) is 6.70. The predicted octanol–water partition coefficient (Wildman–Crippen LogP) is 2.79. The van der Waals surface area contributed by atoms with Crippen molar-refractivity contribution in [2.75, 3.05) is 19.8 Å². The topological polar surface area (TPSA) is 49.7 Å². The van der Waals surface area contributed by atoms with Gasteiger partial charge in [0.15, 0.2) is 8.32 Å². The molecular weight excluding hydrogens is 280 g/mol. The Morgan fingerprint density at radius 3 is 2.10 bits per heavy atom. The third kappa shape index (κ3) is 8.96. The van der Waals surface area contributed by atoms with Gasteiger partial charge < -0.3 is 14.6 Å². The summed E-state index contributed by atoms with van der Waals surface area (Å²) in [6.07, 6.45) is 2.37. The summed E-state index contributed by atoms with van der Waals surface area (Å²) in [6.45, 7) is 11.7. The lowest BCUT2D eigenvalue weighted by Crippen LogP contribution is -2.42. The Labute approximate surface area is 131 Å². The molecule has 0 amide bonds. The van der Waals surface area contributed by atoms with Crippen LogP contribution in [0.2, 0.25) is 18.1 Å². The zero-order valence-electron chi connectivity index (χ0n) is 14.1. The molecule has 120 valence electrons. The van der Waals surface area contributed by atoms with Crippen molar-refractivity contribution in [2.45, 2.75) is 58.2 Å². The first kappa shape index (κ1) is 20.2. The summed E-state index contributed by atoms with van der Waals surface area (Å²) in [4.78, 5) is 0. The van der Waals surface area contributed by atoms with Crippen LogP contribution >= 0.6 is 0 Å². The maximum Gasteiger partial charge on any atom is 0.191 e. The average molecular weight is 311 g/mol. The molecule has 0 aromatic heterocycles. The smallest absolute Gasteiger partial charge is 0.191 e. The number of hydrogen-bond acceptors (Lipinski definition) is 3. The number of aliphatic hydroxyl groups is 2. The van der Waals surface area contributed by atoms with E-state index in [0.29, 0.717) is 12.5 Å². The Bertz CT molecular complexity index is 402. The molecule has 0 spiro atoms. The molecule has 2 N–H and O–H groups in total. The van der Waals surface area contributed by atoms with E-state index in [1.54, 1.807) is 0 Å². The fourth-order valence-corrected chi connectivity index (χ4v) is 2.57. The lowest BCUT2D eigenvalue weighted by atomic mass is 10.0. The van der Waals surface area contributed by atoms with Crippen molar-refractivity contribution in [3.05, 3.63) is 0 Å². The minimum atomic E-state index is -1.74. The van der Waals surface area contributed by atoms with Gasteiger partial charge in [-0.25, -0.2) is 0 Å². The summed E-state index contributed by atoms with van der Waals surface area (Å²) in [5.74, 6) is 11.6. The van der Waals surface area contributed by atoms with Crippen LogP contribution in [0.15, 0.2) is 0 Å². The fourth-order valence-electron chi connectivity index (χ4n) is 1.48. The lowest BCUT2D eigenvalue weighted by Gasteiger charge is -2.37. The molecule has 0 aliphatic heterocycles. The summed E-state index contributed by atoms with van der Waals surface area (Å²) in [6, 6.07) is 0. The monoisotopic (exact) mass is 310 g/mol. The summed E-state index contributed by atoms with van der Waals surface area (Å²) in [7, 11) is -1.74. The van der Waals surface area contributed by atoms with Gasteiger partial charge >= 0.3 is 0 Å². The maximum atomic E-state index is 8.74. The Hall–Kier alpha value is -0.783. The van der Waals surface area contributed by atoms with Crippen LogP contribution < -0.4 is 0 Å². The molecule has 0 rings (SSSR count). The molecule has 0 aliphatic carbocycles. The van der Waals surface area contributed by atoms with Gasteiger partial charge in [0.05, 0.1) is 0 Å². The van der Waals surface area contributed by atoms with Gasteiger partial charge in [0.1, 0.15) is 13.2 Å². The molecular formula is C17H30O3Si. The van der Waals surface area contributed by atoms with Crippen LogP contribution in [0.1, 0.15) is 40.0 Å². The lowest BCUT2D eigenvalue weighted by molar-refractivity contribution is 0.224. The molecule has 1 unspecified atom stereocenters. The quantitative estimate of drug-likeness (QED) is 0.586. The molecule has 0 aromatic carbocycles. The van der Waals surface area contributed by atoms with Gasteiger partial charge in [-0.1, -0.05) is 32.6 Å². The average Bonchev–Trinajstić information content (AvgIpc) is 2.39. The summed E-state index contributed by atoms with van der Waals surface area (Å²) in [5, 5.41) is 17.6. The molecule has 1 atom stereocenters. The zero-order valence-corrected chi connectivity index (χ0v) is 15.1. The van der Waals surface area contributed by atoms with E-state index in [4.69, 9.17) is 14.6 Å². The van der Waals surface area contributed by atoms with Gasteiger partial charge in [0.25, 0.3) is 0 Å². The van der Waals surface area contributed by atoms with Crippen molar-refractivity contribution in [1.82, 2.24) is 0 Å². The van der Waals surface area contributed by atoms with E-state index in [1.165, 1.54) is 0 Å². The first-order chi connectivity index (χ1) is 9.74. The molecule has 21 heavy (non-hydrogen) atoms. The molecule has 0 aromatic rings. The van der Waals surface area contributed by atoms with Gasteiger partial charge in [-0.15, -0.1) is 11.8 Å². The molecule has 0 aliphatic rings. The summed E-state index contributed by atoms with van der Waals surface area (Å²) >= 11 is 0. The van der Waals surface area contributed by atoms with Crippen molar-refractivity contribution in [3.8, 4) is 23.7 Å². The predicted molar refractivity (Wildman–Crippen MR) is 90.2 cm³/mol. The van der Waals surface area contributed by atoms with Gasteiger partial charge in [0, 0.05) is 19.4 Å². The molecule has 3 nitrogen and oxygen atoms in total. The van der Waals surface area contributed by atoms with Crippen molar-refractivity contribution in [3.63, 3.8) is 0 Å². The minimum absolute atomic E-state index is 0.0878. The Kier molecular flexibility index (Phi) is 9.65. The Morgan fingerprint density at radius 1 is 1.00 bits per heavy atom. The minimum Gasteiger partial charge on any atom is -0.417 e. The highest BCUT2D eigenvalue weighted by molar-refractivity contribution is 6.74. The first-order valence-corrected chi connectivity index (χ1v) is 10.4. The molecule has 0 radical (unpaired) electrons. The molecule has 0 saturated carbocycles. The molecule has 0 fully saturated rings. The van der Waals surface area contributed by atoms with Gasteiger partial charge in [-0.3, -0.25) is 0 Å². The Morgan fingerprint density at radius 2 is 1.57 bits per heavy atom. The number of hydrogen-bond donors (Lipinski definition) is 2. The highest BCUT2D eigenvalue weighted by atomic mass is 28.4. The largest absolute Gasteiger partial charge is 0.417 e. The SMILES string of the molecule is CC(C)(C)[Si](C)(C)OCC(CC#CCO)CCC#CCO. The van der Waals surface area contributed by atoms with E-state index >= 15 is 0 Å². The molecule has 0 heterocycles. The first-order valence-electron chi connectivity index (χ1n) is 7.51. The fraction of sp³-hybridized carbons (Fsp3) is 0.765. The van der Waals surface area contributed by atoms with Crippen molar-refractivity contribution >= 4 is 8.32 Å². The van der Waals surface area contributed by atoms with E-state index in [9.17, 15) is 0 Å². The summed E-state index contributed by atoms with van der Waals surface area (Å²) in [5.41, 5.74) is 0. The van der Waals surface area contributed by atoms with Gasteiger partial charge in [-0.2, -0.15) is 0 Å². The second-order valence-corrected chi connectivity index (χ2v) is 11.5. The van der Waals surface area contributed by atoms with Crippen LogP contribution in [-0.4, -0.2) is 38.4 Å². The van der Waals surface area contributed by atoms with Crippen molar-refractivity contribution in [2.24, 2.45) is 5.92 Å². The highest BCUT2D eigenvalue weighted by Gasteiger charge is 2.37. The van der Waals surface area contributed by atoms with Crippen LogP contribution in [0.25, 0.3) is 0 Å².